The van der Waals surface area contributed by atoms with Crippen molar-refractivity contribution < 1.29 is 5.11 Å². The molecule has 0 spiro atoms. The quantitative estimate of drug-likeness (QED) is 0.724. The van der Waals surface area contributed by atoms with E-state index in [4.69, 9.17) is 5.11 Å². The molecule has 1 saturated carbocycles. The Morgan fingerprint density at radius 1 is 1.00 bits per heavy atom. The molecular formula is C13H22O. The van der Waals surface area contributed by atoms with E-state index in [9.17, 15) is 0 Å². The summed E-state index contributed by atoms with van der Waals surface area (Å²) in [5, 5.41) is 7.00. The highest BCUT2D eigenvalue weighted by atomic mass is 16.2. The zero-order valence-electron chi connectivity index (χ0n) is 9.53. The van der Waals surface area contributed by atoms with Gasteiger partial charge in [-0.3, -0.25) is 0 Å². The molecule has 80 valence electrons. The Hall–Kier alpha value is -0.820. The highest BCUT2D eigenvalue weighted by Gasteiger charge is 2.18. The number of aliphatic hydroxyl groups excluding tert-OH is 1. The van der Waals surface area contributed by atoms with Gasteiger partial charge in [-0.05, 0) is 24.3 Å². The van der Waals surface area contributed by atoms with E-state index >= 15 is 0 Å². The summed E-state index contributed by atoms with van der Waals surface area (Å²) in [6.07, 6.45) is 4.24. The van der Waals surface area contributed by atoms with Crippen LogP contribution in [0.2, 0.25) is 0 Å². The molecule has 2 rings (SSSR count). The maximum Gasteiger partial charge on any atom is 0.0319 e. The van der Waals surface area contributed by atoms with E-state index in [0.717, 1.165) is 13.0 Å². The Morgan fingerprint density at radius 3 is 1.86 bits per heavy atom. The summed E-state index contributed by atoms with van der Waals surface area (Å²) >= 11 is 0. The molecule has 1 aliphatic rings. The number of aliphatic hydroxyl groups is 1. The average molecular weight is 194 g/mol. The van der Waals surface area contributed by atoms with E-state index in [0.29, 0.717) is 0 Å². The number of benzene rings is 1. The molecular weight excluding hydrogens is 172 g/mol. The van der Waals surface area contributed by atoms with Crippen molar-refractivity contribution in [1.29, 1.82) is 0 Å². The van der Waals surface area contributed by atoms with Crippen LogP contribution in [0.1, 0.15) is 44.6 Å². The lowest BCUT2D eigenvalue weighted by atomic mass is 9.80. The molecule has 0 amide bonds. The molecule has 1 aliphatic carbocycles. The summed E-state index contributed by atoms with van der Waals surface area (Å²) in [5.74, 6) is 0.890. The van der Waals surface area contributed by atoms with Crippen LogP contribution in [0.3, 0.4) is 0 Å². The molecule has 1 fully saturated rings. The number of rotatable bonds is 1. The summed E-state index contributed by atoms with van der Waals surface area (Å²) in [4.78, 5) is 0. The second-order valence-electron chi connectivity index (χ2n) is 3.04. The molecule has 0 aliphatic heterocycles. The lowest BCUT2D eigenvalue weighted by Crippen LogP contribution is -2.07. The molecule has 0 heterocycles. The zero-order chi connectivity index (χ0) is 10.8. The predicted octanol–water partition coefficient (Wildman–Crippen LogP) is 3.59. The molecule has 1 aromatic carbocycles. The van der Waals surface area contributed by atoms with Gasteiger partial charge in [-0.1, -0.05) is 50.6 Å². The van der Waals surface area contributed by atoms with Crippen molar-refractivity contribution in [2.75, 3.05) is 7.11 Å². The molecule has 0 aromatic heterocycles. The van der Waals surface area contributed by atoms with Gasteiger partial charge >= 0.3 is 0 Å². The third kappa shape index (κ3) is 3.93. The molecule has 1 N–H and O–H groups in total. The van der Waals surface area contributed by atoms with Crippen LogP contribution in [-0.4, -0.2) is 12.2 Å². The Bertz CT molecular complexity index is 202. The van der Waals surface area contributed by atoms with E-state index in [-0.39, 0.29) is 0 Å². The molecule has 0 radical (unpaired) electrons. The fourth-order valence-electron chi connectivity index (χ4n) is 1.47. The van der Waals surface area contributed by atoms with Gasteiger partial charge in [0.2, 0.25) is 0 Å². The van der Waals surface area contributed by atoms with Crippen molar-refractivity contribution >= 4 is 0 Å². The van der Waals surface area contributed by atoms with Crippen molar-refractivity contribution in [2.45, 2.75) is 39.0 Å². The van der Waals surface area contributed by atoms with Gasteiger partial charge in [0.25, 0.3) is 0 Å². The van der Waals surface area contributed by atoms with E-state index < -0.39 is 0 Å². The topological polar surface area (TPSA) is 20.2 Å². The lowest BCUT2D eigenvalue weighted by Gasteiger charge is -2.25. The summed E-state index contributed by atoms with van der Waals surface area (Å²) in [7, 11) is 1.00. The van der Waals surface area contributed by atoms with Crippen LogP contribution in [0, 0.1) is 0 Å². The first-order valence-corrected chi connectivity index (χ1v) is 5.46. The van der Waals surface area contributed by atoms with Gasteiger partial charge < -0.3 is 5.11 Å². The molecule has 0 bridgehead atoms. The predicted molar refractivity (Wildman–Crippen MR) is 62.5 cm³/mol. The molecule has 1 heteroatoms. The standard InChI is InChI=1S/C10H12.C2H6.CH4O/c1-2-5-9(6-3-1)10-7-4-8-10;2*1-2/h1-3,5-6,10H,4,7-8H2;1-2H3;2H,1H3. The molecule has 14 heavy (non-hydrogen) atoms. The summed E-state index contributed by atoms with van der Waals surface area (Å²) < 4.78 is 0. The van der Waals surface area contributed by atoms with Crippen molar-refractivity contribution in [3.63, 3.8) is 0 Å². The molecule has 0 unspecified atom stereocenters. The van der Waals surface area contributed by atoms with Crippen LogP contribution in [0.25, 0.3) is 0 Å². The maximum absolute atomic E-state index is 7.00. The van der Waals surface area contributed by atoms with E-state index in [1.807, 2.05) is 13.8 Å². The van der Waals surface area contributed by atoms with Gasteiger partial charge in [-0.2, -0.15) is 0 Å². The number of hydrogen-bond acceptors (Lipinski definition) is 1. The van der Waals surface area contributed by atoms with Crippen LogP contribution < -0.4 is 0 Å². The lowest BCUT2D eigenvalue weighted by molar-refractivity contribution is 0.399. The highest BCUT2D eigenvalue weighted by Crippen LogP contribution is 2.35. The summed E-state index contributed by atoms with van der Waals surface area (Å²) in [5.41, 5.74) is 1.54. The highest BCUT2D eigenvalue weighted by molar-refractivity contribution is 5.20. The molecule has 1 aromatic rings. The normalized spacial score (nSPS) is 14.0. The molecule has 0 saturated heterocycles. The van der Waals surface area contributed by atoms with Gasteiger partial charge in [0.1, 0.15) is 0 Å². The minimum Gasteiger partial charge on any atom is -0.400 e. The van der Waals surface area contributed by atoms with Crippen molar-refractivity contribution in [1.82, 2.24) is 0 Å². The minimum absolute atomic E-state index is 0.890. The van der Waals surface area contributed by atoms with Gasteiger partial charge in [0.15, 0.2) is 0 Å². The van der Waals surface area contributed by atoms with Gasteiger partial charge in [0.05, 0.1) is 0 Å². The first kappa shape index (κ1) is 13.2. The molecule has 0 atom stereocenters. The fraction of sp³-hybridized carbons (Fsp3) is 0.538. The summed E-state index contributed by atoms with van der Waals surface area (Å²) in [6.45, 7) is 4.00. The monoisotopic (exact) mass is 194 g/mol. The van der Waals surface area contributed by atoms with Crippen LogP contribution in [0.15, 0.2) is 30.3 Å². The summed E-state index contributed by atoms with van der Waals surface area (Å²) in [6, 6.07) is 10.8. The molecule has 1 nitrogen and oxygen atoms in total. The number of hydrogen-bond donors (Lipinski definition) is 1. The van der Waals surface area contributed by atoms with Crippen LogP contribution in [-0.2, 0) is 0 Å². The van der Waals surface area contributed by atoms with Crippen LogP contribution in [0.4, 0.5) is 0 Å². The second kappa shape index (κ2) is 8.76. The first-order valence-electron chi connectivity index (χ1n) is 5.46. The first-order chi connectivity index (χ1) is 6.97. The van der Waals surface area contributed by atoms with E-state index in [1.165, 1.54) is 24.8 Å². The van der Waals surface area contributed by atoms with Crippen LogP contribution in [0.5, 0.6) is 0 Å². The zero-order valence-corrected chi connectivity index (χ0v) is 9.53. The Kier molecular flexibility index (Phi) is 8.25. The Balaban J connectivity index is 0.000000379. The smallest absolute Gasteiger partial charge is 0.0319 e. The van der Waals surface area contributed by atoms with Gasteiger partial charge in [-0.15, -0.1) is 0 Å². The Morgan fingerprint density at radius 2 is 1.50 bits per heavy atom. The minimum atomic E-state index is 0.890. The van der Waals surface area contributed by atoms with Crippen molar-refractivity contribution in [3.05, 3.63) is 35.9 Å². The largest absolute Gasteiger partial charge is 0.400 e. The second-order valence-corrected chi connectivity index (χ2v) is 3.04. The van der Waals surface area contributed by atoms with Crippen LogP contribution >= 0.6 is 0 Å². The third-order valence-electron chi connectivity index (χ3n) is 2.38. The van der Waals surface area contributed by atoms with E-state index in [1.54, 1.807) is 0 Å². The van der Waals surface area contributed by atoms with E-state index in [2.05, 4.69) is 30.3 Å². The average Bonchev–Trinajstić information content (AvgIpc) is 2.23. The SMILES string of the molecule is CC.CO.c1ccc(C2CCC2)cc1. The third-order valence-corrected chi connectivity index (χ3v) is 2.38. The van der Waals surface area contributed by atoms with Gasteiger partial charge in [0, 0.05) is 7.11 Å². The van der Waals surface area contributed by atoms with Crippen molar-refractivity contribution in [3.8, 4) is 0 Å². The Labute approximate surface area is 87.8 Å². The maximum atomic E-state index is 7.00. The fourth-order valence-corrected chi connectivity index (χ4v) is 1.47. The van der Waals surface area contributed by atoms with Gasteiger partial charge in [-0.25, -0.2) is 0 Å². The van der Waals surface area contributed by atoms with Crippen molar-refractivity contribution in [2.24, 2.45) is 0 Å².